The smallest absolute Gasteiger partial charge is 0 e. The standard InChI is InChI=1S/C14H19NSi.3CO.Cr/c1-16(2,3)14-11-7-5-4-6-10(11)13-12(14)8-9-15-13;3*1-2;/h4-7,12,14H,8-9H2,1-3H3;;;;/t12-,14-;;;;/m0..../s1. The number of hydrogen-bond donors (Lipinski definition) is 0. The topological polar surface area (TPSA) is 72.1 Å². The minimum Gasteiger partial charge on any atom is 0 e. The van der Waals surface area contributed by atoms with Crippen LogP contribution >= 0.6 is 0 Å². The third kappa shape index (κ3) is 5.18. The Kier molecular flexibility index (Phi) is 12.0. The summed E-state index contributed by atoms with van der Waals surface area (Å²) in [6.45, 7) is 22.0. The minimum atomic E-state index is -1.14. The molecular weight excluding hydrogens is 346 g/mol. The van der Waals surface area contributed by atoms with Gasteiger partial charge in [-0.05, 0) is 23.1 Å². The van der Waals surface area contributed by atoms with Gasteiger partial charge < -0.3 is 0 Å². The summed E-state index contributed by atoms with van der Waals surface area (Å²) in [5, 5.41) is 0. The van der Waals surface area contributed by atoms with Crippen LogP contribution in [0.5, 0.6) is 0 Å². The predicted molar refractivity (Wildman–Crippen MR) is 83.8 cm³/mol. The molecule has 0 saturated carbocycles. The van der Waals surface area contributed by atoms with E-state index in [0.29, 0.717) is 0 Å². The van der Waals surface area contributed by atoms with E-state index in [1.165, 1.54) is 17.7 Å². The van der Waals surface area contributed by atoms with Gasteiger partial charge in [-0.25, -0.2) is 0 Å². The molecule has 23 heavy (non-hydrogen) atoms. The molecule has 1 aromatic carbocycles. The third-order valence-electron chi connectivity index (χ3n) is 3.98. The van der Waals surface area contributed by atoms with Crippen LogP contribution in [0, 0.1) is 25.9 Å². The minimum absolute atomic E-state index is 0. The van der Waals surface area contributed by atoms with E-state index in [9.17, 15) is 0 Å². The predicted octanol–water partition coefficient (Wildman–Crippen LogP) is 3.36. The number of benzene rings is 1. The Bertz CT molecular complexity index is 573. The molecule has 1 aliphatic heterocycles. The molecule has 0 amide bonds. The van der Waals surface area contributed by atoms with Crippen LogP contribution < -0.4 is 0 Å². The van der Waals surface area contributed by atoms with E-state index in [4.69, 9.17) is 18.9 Å². The van der Waals surface area contributed by atoms with Gasteiger partial charge in [-0.15, -0.1) is 0 Å². The maximum atomic E-state index is 7.50. The van der Waals surface area contributed by atoms with E-state index in [0.717, 1.165) is 18.0 Å². The molecule has 0 bridgehead atoms. The third-order valence-corrected chi connectivity index (χ3v) is 6.56. The van der Waals surface area contributed by atoms with Crippen LogP contribution in [0.2, 0.25) is 19.6 Å². The Hall–Kier alpha value is -1.14. The molecule has 0 spiro atoms. The van der Waals surface area contributed by atoms with Gasteiger partial charge in [0.15, 0.2) is 0 Å². The van der Waals surface area contributed by atoms with Gasteiger partial charge in [0.1, 0.15) is 0 Å². The first-order valence-electron chi connectivity index (χ1n) is 6.84. The van der Waals surface area contributed by atoms with Crippen LogP contribution in [-0.2, 0) is 31.3 Å². The first-order valence-corrected chi connectivity index (χ1v) is 10.4. The van der Waals surface area contributed by atoms with E-state index < -0.39 is 8.07 Å². The van der Waals surface area contributed by atoms with Crippen LogP contribution in [-0.4, -0.2) is 20.3 Å². The fourth-order valence-corrected chi connectivity index (χ4v) is 6.19. The van der Waals surface area contributed by atoms with Crippen molar-refractivity contribution in [3.8, 4) is 0 Å². The average molecular weight is 365 g/mol. The first kappa shape index (κ1) is 24.1. The molecule has 0 fully saturated rings. The summed E-state index contributed by atoms with van der Waals surface area (Å²) >= 11 is 0. The fourth-order valence-electron chi connectivity index (χ4n) is 3.48. The van der Waals surface area contributed by atoms with Crippen LogP contribution in [0.3, 0.4) is 0 Å². The monoisotopic (exact) mass is 365 g/mol. The van der Waals surface area contributed by atoms with Gasteiger partial charge in [-0.3, -0.25) is 4.99 Å². The SMILES string of the molecule is C[Si](C)(C)[C@H]1c2ccccc2C2=NCC[C@@H]21.[C-]#[O+].[C-]#[O+].[C-]#[O+].[Cr]. The molecule has 120 valence electrons. The quantitative estimate of drug-likeness (QED) is 0.416. The number of rotatable bonds is 1. The Morgan fingerprint density at radius 2 is 1.52 bits per heavy atom. The molecule has 1 aliphatic carbocycles. The second kappa shape index (κ2) is 11.4. The van der Waals surface area contributed by atoms with Crippen LogP contribution in [0.15, 0.2) is 29.3 Å². The van der Waals surface area contributed by atoms with Gasteiger partial charge in [-0.2, -0.15) is 0 Å². The van der Waals surface area contributed by atoms with Gasteiger partial charge in [0.25, 0.3) is 0 Å². The Labute approximate surface area is 149 Å². The molecule has 1 heterocycles. The molecule has 6 heteroatoms. The molecule has 2 aliphatic rings. The van der Waals surface area contributed by atoms with Gasteiger partial charge in [-0.1, -0.05) is 43.9 Å². The zero-order chi connectivity index (χ0) is 17.3. The summed E-state index contributed by atoms with van der Waals surface area (Å²) in [4.78, 5) is 4.74. The number of aliphatic imine (C=N–C) groups is 1. The van der Waals surface area contributed by atoms with Crippen molar-refractivity contribution in [3.63, 3.8) is 0 Å². The van der Waals surface area contributed by atoms with Crippen molar-refractivity contribution in [1.29, 1.82) is 0 Å². The number of nitrogens with zero attached hydrogens (tertiary/aromatic N) is 1. The van der Waals surface area contributed by atoms with Crippen molar-refractivity contribution in [3.05, 3.63) is 55.3 Å². The van der Waals surface area contributed by atoms with Gasteiger partial charge >= 0.3 is 33.9 Å². The molecule has 0 saturated heterocycles. The van der Waals surface area contributed by atoms with Crippen molar-refractivity contribution < 1.29 is 31.3 Å². The average Bonchev–Trinajstić information content (AvgIpc) is 3.12. The zero-order valence-corrected chi connectivity index (χ0v) is 15.7. The fraction of sp³-hybridized carbons (Fsp3) is 0.412. The van der Waals surface area contributed by atoms with Gasteiger partial charge in [0.2, 0.25) is 0 Å². The summed E-state index contributed by atoms with van der Waals surface area (Å²) in [6.07, 6.45) is 1.28. The molecule has 0 radical (unpaired) electrons. The summed E-state index contributed by atoms with van der Waals surface area (Å²) in [5.41, 5.74) is 5.26. The van der Waals surface area contributed by atoms with E-state index >= 15 is 0 Å². The first-order chi connectivity index (χ1) is 10.6. The maximum absolute atomic E-state index is 7.50. The Balaban J connectivity index is 0. The second-order valence-corrected chi connectivity index (χ2v) is 11.4. The molecule has 2 atom stereocenters. The molecule has 0 N–H and O–H groups in total. The molecular formula is C17H19CrNO3Si. The molecule has 0 aromatic heterocycles. The number of hydrogen-bond acceptors (Lipinski definition) is 1. The maximum Gasteiger partial charge on any atom is 0 e. The van der Waals surface area contributed by atoms with Crippen molar-refractivity contribution in [2.75, 3.05) is 6.54 Å². The zero-order valence-electron chi connectivity index (χ0n) is 13.5. The summed E-state index contributed by atoms with van der Waals surface area (Å²) in [7, 11) is -1.14. The van der Waals surface area contributed by atoms with Gasteiger partial charge in [0, 0.05) is 35.5 Å². The van der Waals surface area contributed by atoms with E-state index in [-0.39, 0.29) is 17.4 Å². The van der Waals surface area contributed by atoms with Crippen molar-refractivity contribution in [1.82, 2.24) is 0 Å². The second-order valence-electron chi connectivity index (χ2n) is 6.09. The van der Waals surface area contributed by atoms with Crippen LogP contribution in [0.25, 0.3) is 0 Å². The molecule has 4 nitrogen and oxygen atoms in total. The largest absolute Gasteiger partial charge is 0 e. The van der Waals surface area contributed by atoms with Crippen LogP contribution in [0.1, 0.15) is 23.1 Å². The van der Waals surface area contributed by atoms with E-state index in [1.54, 1.807) is 5.56 Å². The Morgan fingerprint density at radius 3 is 2.04 bits per heavy atom. The van der Waals surface area contributed by atoms with E-state index in [1.807, 2.05) is 0 Å². The van der Waals surface area contributed by atoms with Crippen molar-refractivity contribution in [2.24, 2.45) is 10.9 Å². The van der Waals surface area contributed by atoms with Crippen molar-refractivity contribution >= 4 is 13.8 Å². The molecule has 1 aromatic rings. The Morgan fingerprint density at radius 1 is 1.00 bits per heavy atom. The number of fused-ring (bicyclic) bond motifs is 3. The summed E-state index contributed by atoms with van der Waals surface area (Å²) in [6, 6.07) is 8.95. The van der Waals surface area contributed by atoms with Gasteiger partial charge in [0.05, 0.1) is 8.07 Å². The normalized spacial score (nSPS) is 19.4. The van der Waals surface area contributed by atoms with Crippen molar-refractivity contribution in [2.45, 2.75) is 31.6 Å². The summed E-state index contributed by atoms with van der Waals surface area (Å²) in [5.74, 6) is 0.740. The summed E-state index contributed by atoms with van der Waals surface area (Å²) < 4.78 is 22.5. The van der Waals surface area contributed by atoms with E-state index in [2.05, 4.69) is 63.9 Å². The molecule has 3 rings (SSSR count). The van der Waals surface area contributed by atoms with Crippen LogP contribution in [0.4, 0.5) is 0 Å². The molecule has 0 unspecified atom stereocenters.